The van der Waals surface area contributed by atoms with Gasteiger partial charge >= 0.3 is 5.97 Å². The van der Waals surface area contributed by atoms with Gasteiger partial charge in [-0.2, -0.15) is 0 Å². The lowest BCUT2D eigenvalue weighted by Crippen LogP contribution is -1.85. The van der Waals surface area contributed by atoms with Crippen LogP contribution in [0.2, 0.25) is 0 Å². The highest BCUT2D eigenvalue weighted by atomic mass is 16.4. The highest BCUT2D eigenvalue weighted by molar-refractivity contribution is 5.79. The predicted octanol–water partition coefficient (Wildman–Crippen LogP) is 6.44. The van der Waals surface area contributed by atoms with E-state index in [1.54, 1.807) is 6.08 Å². The smallest absolute Gasteiger partial charge is 0.327 e. The van der Waals surface area contributed by atoms with Crippen molar-refractivity contribution in [2.24, 2.45) is 0 Å². The fraction of sp³-hybridized carbons (Fsp3) is 0.650. The number of hydrogen-bond donors (Lipinski definition) is 1. The molecule has 0 heterocycles. The first-order valence-electron chi connectivity index (χ1n) is 8.96. The van der Waals surface area contributed by atoms with Crippen LogP contribution in [0.4, 0.5) is 0 Å². The second-order valence-electron chi connectivity index (χ2n) is 5.75. The average Bonchev–Trinajstić information content (AvgIpc) is 2.50. The van der Waals surface area contributed by atoms with E-state index in [4.69, 9.17) is 5.11 Å². The Morgan fingerprint density at radius 2 is 1.14 bits per heavy atom. The molecular formula is C20H34O2. The number of hydrogen-bond acceptors (Lipinski definition) is 1. The maximum atomic E-state index is 10.3. The number of rotatable bonds is 15. The van der Waals surface area contributed by atoms with E-state index in [-0.39, 0.29) is 0 Å². The molecule has 0 aromatic carbocycles. The Balaban J connectivity index is 3.22. The Labute approximate surface area is 137 Å². The molecule has 0 atom stereocenters. The second-order valence-corrected chi connectivity index (χ2v) is 5.75. The molecule has 0 fully saturated rings. The van der Waals surface area contributed by atoms with Crippen LogP contribution in [0.5, 0.6) is 0 Å². The number of carbonyl (C=O) groups is 1. The van der Waals surface area contributed by atoms with Gasteiger partial charge in [0.25, 0.3) is 0 Å². The fourth-order valence-corrected chi connectivity index (χ4v) is 2.22. The molecule has 2 nitrogen and oxygen atoms in total. The molecule has 0 bridgehead atoms. The third-order valence-corrected chi connectivity index (χ3v) is 3.55. The van der Waals surface area contributed by atoms with Crippen LogP contribution in [0.3, 0.4) is 0 Å². The van der Waals surface area contributed by atoms with Crippen molar-refractivity contribution in [2.45, 2.75) is 84.0 Å². The van der Waals surface area contributed by atoms with Crippen molar-refractivity contribution in [1.82, 2.24) is 0 Å². The van der Waals surface area contributed by atoms with Crippen molar-refractivity contribution in [2.75, 3.05) is 0 Å². The number of aliphatic carboxylic acids is 1. The van der Waals surface area contributed by atoms with Gasteiger partial charge in [0, 0.05) is 6.08 Å². The van der Waals surface area contributed by atoms with Crippen LogP contribution in [0, 0.1) is 0 Å². The van der Waals surface area contributed by atoms with E-state index in [1.807, 2.05) is 0 Å². The first-order valence-corrected chi connectivity index (χ1v) is 8.96. The normalized spacial score (nSPS) is 12.0. The van der Waals surface area contributed by atoms with Crippen LogP contribution in [0.1, 0.15) is 84.0 Å². The largest absolute Gasteiger partial charge is 0.478 e. The molecule has 0 aliphatic rings. The van der Waals surface area contributed by atoms with Gasteiger partial charge in [-0.15, -0.1) is 0 Å². The monoisotopic (exact) mass is 306 g/mol. The number of carboxylic acids is 1. The lowest BCUT2D eigenvalue weighted by atomic mass is 10.1. The summed E-state index contributed by atoms with van der Waals surface area (Å²) in [7, 11) is 0. The zero-order valence-corrected chi connectivity index (χ0v) is 14.3. The zero-order chi connectivity index (χ0) is 16.3. The van der Waals surface area contributed by atoms with Gasteiger partial charge in [0.1, 0.15) is 0 Å². The Bertz CT molecular complexity index is 327. The molecule has 0 unspecified atom stereocenters. The molecule has 0 aliphatic heterocycles. The maximum absolute atomic E-state index is 10.3. The van der Waals surface area contributed by atoms with Gasteiger partial charge in [-0.1, -0.05) is 56.6 Å². The standard InChI is InChI=1S/C20H34O2/c1-2-3-4-5-6-7-8-9-10-11-12-13-14-15-16-17-18-19-20(21)22/h6-7,13-14,18-19H,2-5,8-12,15-17H2,1H3,(H,21,22). The Hall–Kier alpha value is -1.31. The Morgan fingerprint density at radius 1 is 0.682 bits per heavy atom. The molecule has 0 aromatic heterocycles. The van der Waals surface area contributed by atoms with Crippen molar-refractivity contribution in [3.05, 3.63) is 36.5 Å². The Kier molecular flexibility index (Phi) is 16.7. The molecule has 0 aliphatic carbocycles. The summed E-state index contributed by atoms with van der Waals surface area (Å²) in [6.45, 7) is 2.24. The summed E-state index contributed by atoms with van der Waals surface area (Å²) in [6, 6.07) is 0. The highest BCUT2D eigenvalue weighted by Crippen LogP contribution is 2.07. The molecule has 0 rings (SSSR count). The van der Waals surface area contributed by atoms with E-state index in [2.05, 4.69) is 31.2 Å². The van der Waals surface area contributed by atoms with Gasteiger partial charge in [0.15, 0.2) is 0 Å². The van der Waals surface area contributed by atoms with Crippen LogP contribution in [-0.2, 0) is 4.79 Å². The van der Waals surface area contributed by atoms with E-state index >= 15 is 0 Å². The first-order chi connectivity index (χ1) is 10.8. The van der Waals surface area contributed by atoms with E-state index in [1.165, 1.54) is 63.9 Å². The molecule has 0 radical (unpaired) electrons. The van der Waals surface area contributed by atoms with E-state index in [0.717, 1.165) is 19.3 Å². The minimum Gasteiger partial charge on any atom is -0.478 e. The highest BCUT2D eigenvalue weighted by Gasteiger charge is 1.88. The maximum Gasteiger partial charge on any atom is 0.327 e. The SMILES string of the molecule is CCCCCC=CCCCCCC=CCCCC=CC(=O)O. The van der Waals surface area contributed by atoms with Gasteiger partial charge in [-0.3, -0.25) is 0 Å². The molecular weight excluding hydrogens is 272 g/mol. The molecule has 0 amide bonds. The molecule has 2 heteroatoms. The zero-order valence-electron chi connectivity index (χ0n) is 14.3. The van der Waals surface area contributed by atoms with Gasteiger partial charge in [0.05, 0.1) is 0 Å². The fourth-order valence-electron chi connectivity index (χ4n) is 2.22. The molecule has 0 aromatic rings. The predicted molar refractivity (Wildman–Crippen MR) is 96.1 cm³/mol. The summed E-state index contributed by atoms with van der Waals surface area (Å²) in [4.78, 5) is 10.3. The van der Waals surface area contributed by atoms with E-state index < -0.39 is 5.97 Å². The van der Waals surface area contributed by atoms with Crippen molar-refractivity contribution < 1.29 is 9.90 Å². The third-order valence-electron chi connectivity index (χ3n) is 3.55. The van der Waals surface area contributed by atoms with Crippen LogP contribution in [-0.4, -0.2) is 11.1 Å². The summed E-state index contributed by atoms with van der Waals surface area (Å²) in [5.41, 5.74) is 0. The number of unbranched alkanes of at least 4 members (excludes halogenated alkanes) is 9. The number of carboxylic acid groups (broad SMARTS) is 1. The molecule has 0 spiro atoms. The summed E-state index contributed by atoms with van der Waals surface area (Å²) < 4.78 is 0. The summed E-state index contributed by atoms with van der Waals surface area (Å²) >= 11 is 0. The van der Waals surface area contributed by atoms with E-state index in [9.17, 15) is 4.79 Å². The third kappa shape index (κ3) is 18.7. The lowest BCUT2D eigenvalue weighted by molar-refractivity contribution is -0.131. The minimum absolute atomic E-state index is 0.848. The molecule has 0 saturated carbocycles. The van der Waals surface area contributed by atoms with Crippen LogP contribution < -0.4 is 0 Å². The minimum atomic E-state index is -0.855. The Morgan fingerprint density at radius 3 is 1.64 bits per heavy atom. The van der Waals surface area contributed by atoms with Crippen LogP contribution in [0.15, 0.2) is 36.5 Å². The van der Waals surface area contributed by atoms with Crippen molar-refractivity contribution in [3.63, 3.8) is 0 Å². The van der Waals surface area contributed by atoms with Crippen molar-refractivity contribution in [3.8, 4) is 0 Å². The van der Waals surface area contributed by atoms with Gasteiger partial charge < -0.3 is 5.11 Å². The van der Waals surface area contributed by atoms with Crippen molar-refractivity contribution >= 4 is 5.97 Å². The molecule has 1 N–H and O–H groups in total. The summed E-state index contributed by atoms with van der Waals surface area (Å²) in [5.74, 6) is -0.855. The van der Waals surface area contributed by atoms with Gasteiger partial charge in [0.2, 0.25) is 0 Å². The quantitative estimate of drug-likeness (QED) is 0.215. The molecule has 22 heavy (non-hydrogen) atoms. The van der Waals surface area contributed by atoms with Crippen molar-refractivity contribution in [1.29, 1.82) is 0 Å². The van der Waals surface area contributed by atoms with Crippen LogP contribution in [0.25, 0.3) is 0 Å². The average molecular weight is 306 g/mol. The summed E-state index contributed by atoms with van der Waals surface area (Å²) in [5, 5.41) is 8.43. The second kappa shape index (κ2) is 17.7. The topological polar surface area (TPSA) is 37.3 Å². The molecule has 126 valence electrons. The lowest BCUT2D eigenvalue weighted by Gasteiger charge is -1.96. The first kappa shape index (κ1) is 20.7. The van der Waals surface area contributed by atoms with E-state index in [0.29, 0.717) is 0 Å². The molecule has 0 saturated heterocycles. The van der Waals surface area contributed by atoms with Gasteiger partial charge in [-0.25, -0.2) is 4.79 Å². The van der Waals surface area contributed by atoms with Gasteiger partial charge in [-0.05, 0) is 57.8 Å². The number of allylic oxidation sites excluding steroid dienone is 5. The van der Waals surface area contributed by atoms with Crippen LogP contribution >= 0.6 is 0 Å². The summed E-state index contributed by atoms with van der Waals surface area (Å²) in [6.07, 6.45) is 26.6.